The lowest BCUT2D eigenvalue weighted by atomic mass is 10.1. The molecule has 1 heterocycles. The van der Waals surface area contributed by atoms with Gasteiger partial charge in [0, 0.05) is 37.0 Å². The summed E-state index contributed by atoms with van der Waals surface area (Å²) in [5.74, 6) is -0.0740. The van der Waals surface area contributed by atoms with Gasteiger partial charge in [-0.25, -0.2) is 0 Å². The maximum Gasteiger partial charge on any atom is 0.258 e. The van der Waals surface area contributed by atoms with E-state index < -0.39 is 6.04 Å². The summed E-state index contributed by atoms with van der Waals surface area (Å²) in [7, 11) is 0. The van der Waals surface area contributed by atoms with E-state index in [2.05, 4.69) is 5.32 Å². The van der Waals surface area contributed by atoms with Gasteiger partial charge in [-0.2, -0.15) is 0 Å². The number of benzene rings is 3. The van der Waals surface area contributed by atoms with Crippen molar-refractivity contribution in [1.82, 2.24) is 10.2 Å². The predicted molar refractivity (Wildman–Crippen MR) is 154 cm³/mol. The topological polar surface area (TPSA) is 69.7 Å². The van der Waals surface area contributed by atoms with Crippen LogP contribution in [-0.4, -0.2) is 41.8 Å². The third kappa shape index (κ3) is 5.97. The van der Waals surface area contributed by atoms with Crippen LogP contribution in [0.5, 0.6) is 0 Å². The van der Waals surface area contributed by atoms with Crippen LogP contribution in [-0.2, 0) is 16.1 Å². The average Bonchev–Trinajstić information content (AvgIpc) is 3.17. The summed E-state index contributed by atoms with van der Waals surface area (Å²) >= 11 is 12.3. The first kappa shape index (κ1) is 27.9. The lowest BCUT2D eigenvalue weighted by Crippen LogP contribution is -2.49. The molecule has 8 heteroatoms. The summed E-state index contributed by atoms with van der Waals surface area (Å²) in [6, 6.07) is 16.2. The third-order valence-electron chi connectivity index (χ3n) is 6.83. The van der Waals surface area contributed by atoms with Gasteiger partial charge in [-0.15, -0.1) is 0 Å². The molecule has 0 bridgehead atoms. The lowest BCUT2D eigenvalue weighted by molar-refractivity contribution is -0.141. The molecule has 6 nitrogen and oxygen atoms in total. The molecule has 0 unspecified atom stereocenters. The summed E-state index contributed by atoms with van der Waals surface area (Å²) < 4.78 is 0. The summed E-state index contributed by atoms with van der Waals surface area (Å²) in [5.41, 5.74) is 2.36. The summed E-state index contributed by atoms with van der Waals surface area (Å²) in [4.78, 5) is 43.2. The normalized spacial score (nSPS) is 13.3. The highest BCUT2D eigenvalue weighted by Gasteiger charge is 2.31. The minimum Gasteiger partial charge on any atom is -0.354 e. The van der Waals surface area contributed by atoms with Crippen molar-refractivity contribution in [2.45, 2.75) is 52.6 Å². The first-order valence-corrected chi connectivity index (χ1v) is 13.8. The van der Waals surface area contributed by atoms with Crippen LogP contribution in [0.2, 0.25) is 10.0 Å². The molecule has 3 amide bonds. The van der Waals surface area contributed by atoms with E-state index in [-0.39, 0.29) is 30.7 Å². The maximum atomic E-state index is 13.6. The number of rotatable bonds is 11. The first-order chi connectivity index (χ1) is 18.2. The van der Waals surface area contributed by atoms with Gasteiger partial charge in [0.1, 0.15) is 6.04 Å². The average molecular weight is 555 g/mol. The fraction of sp³-hybridized carbons (Fsp3) is 0.367. The summed E-state index contributed by atoms with van der Waals surface area (Å²) in [6.07, 6.45) is 1.14. The number of nitrogens with one attached hydrogen (secondary N) is 1. The van der Waals surface area contributed by atoms with E-state index >= 15 is 0 Å². The maximum absolute atomic E-state index is 13.6. The predicted octanol–water partition coefficient (Wildman–Crippen LogP) is 6.47. The molecular formula is C30H33Cl2N3O3. The first-order valence-electron chi connectivity index (χ1n) is 13.1. The van der Waals surface area contributed by atoms with Gasteiger partial charge in [-0.3, -0.25) is 14.4 Å². The number of carbonyl (C=O) groups is 3. The van der Waals surface area contributed by atoms with Crippen LogP contribution in [0.1, 0.15) is 56.0 Å². The minimum atomic E-state index is -0.623. The molecule has 38 heavy (non-hydrogen) atoms. The zero-order valence-electron chi connectivity index (χ0n) is 22.0. The van der Waals surface area contributed by atoms with Crippen LogP contribution >= 0.6 is 23.2 Å². The van der Waals surface area contributed by atoms with Crippen molar-refractivity contribution in [2.75, 3.05) is 18.0 Å². The van der Waals surface area contributed by atoms with Crippen molar-refractivity contribution in [1.29, 1.82) is 0 Å². The van der Waals surface area contributed by atoms with Crippen molar-refractivity contribution in [3.63, 3.8) is 0 Å². The molecule has 3 aromatic rings. The number of amides is 3. The second kappa shape index (κ2) is 12.2. The Kier molecular flexibility index (Phi) is 8.95. The Morgan fingerprint density at radius 1 is 1.03 bits per heavy atom. The molecule has 0 spiro atoms. The zero-order chi connectivity index (χ0) is 27.4. The van der Waals surface area contributed by atoms with E-state index in [0.29, 0.717) is 47.5 Å². The quantitative estimate of drug-likeness (QED) is 0.296. The molecular weight excluding hydrogens is 521 g/mol. The van der Waals surface area contributed by atoms with Crippen LogP contribution in [0, 0.1) is 5.92 Å². The van der Waals surface area contributed by atoms with Gasteiger partial charge in [-0.05, 0) is 54.0 Å². The Balaban J connectivity index is 1.49. The fourth-order valence-corrected chi connectivity index (χ4v) is 5.23. The minimum absolute atomic E-state index is 0.0450. The van der Waals surface area contributed by atoms with Crippen molar-refractivity contribution >= 4 is 57.4 Å². The molecule has 1 aliphatic heterocycles. The second-order valence-corrected chi connectivity index (χ2v) is 10.9. The van der Waals surface area contributed by atoms with Crippen LogP contribution in [0.4, 0.5) is 5.69 Å². The van der Waals surface area contributed by atoms with Gasteiger partial charge in [0.25, 0.3) is 5.91 Å². The Morgan fingerprint density at radius 2 is 1.76 bits per heavy atom. The molecule has 0 saturated heterocycles. The van der Waals surface area contributed by atoms with Gasteiger partial charge in [0.05, 0.1) is 15.7 Å². The molecule has 1 N–H and O–H groups in total. The third-order valence-corrected chi connectivity index (χ3v) is 7.57. The van der Waals surface area contributed by atoms with Crippen molar-refractivity contribution in [3.8, 4) is 0 Å². The Bertz CT molecular complexity index is 1350. The van der Waals surface area contributed by atoms with Crippen LogP contribution in [0.3, 0.4) is 0 Å². The lowest BCUT2D eigenvalue weighted by Gasteiger charge is -2.31. The van der Waals surface area contributed by atoms with Crippen LogP contribution in [0.25, 0.3) is 10.8 Å². The molecule has 0 radical (unpaired) electrons. The molecule has 3 aromatic carbocycles. The van der Waals surface area contributed by atoms with E-state index in [0.717, 1.165) is 22.0 Å². The van der Waals surface area contributed by atoms with Gasteiger partial charge in [0.2, 0.25) is 11.8 Å². The van der Waals surface area contributed by atoms with Crippen molar-refractivity contribution in [2.24, 2.45) is 5.92 Å². The number of anilines is 1. The van der Waals surface area contributed by atoms with Gasteiger partial charge in [0.15, 0.2) is 0 Å². The standard InChI is InChI=1S/C30H33Cl2N3O3/c1-4-25(29(37)33-17-19(2)3)35(18-20-13-14-23(31)24(32)16-20)27(36)12-7-15-34-26-11-6-9-21-8-5-10-22(28(21)26)30(34)38/h5-6,8-11,13-14,16,19,25H,4,7,12,15,17-18H2,1-3H3,(H,33,37)/t25-/m0/s1. The summed E-state index contributed by atoms with van der Waals surface area (Å²) in [6.45, 7) is 7.13. The highest BCUT2D eigenvalue weighted by molar-refractivity contribution is 6.42. The number of hydrogen-bond donors (Lipinski definition) is 1. The zero-order valence-corrected chi connectivity index (χ0v) is 23.5. The highest BCUT2D eigenvalue weighted by atomic mass is 35.5. The molecule has 0 saturated carbocycles. The highest BCUT2D eigenvalue weighted by Crippen LogP contribution is 2.37. The Hall–Kier alpha value is -3.09. The van der Waals surface area contributed by atoms with E-state index in [1.807, 2.05) is 63.2 Å². The molecule has 200 valence electrons. The molecule has 0 aliphatic carbocycles. The number of halogens is 2. The number of hydrogen-bond acceptors (Lipinski definition) is 3. The summed E-state index contributed by atoms with van der Waals surface area (Å²) in [5, 5.41) is 5.78. The Morgan fingerprint density at radius 3 is 2.45 bits per heavy atom. The van der Waals surface area contributed by atoms with E-state index in [4.69, 9.17) is 23.2 Å². The van der Waals surface area contributed by atoms with Gasteiger partial charge < -0.3 is 15.1 Å². The SMILES string of the molecule is CC[C@@H](C(=O)NCC(C)C)N(Cc1ccc(Cl)c(Cl)c1)C(=O)CCCN1C(=O)c2cccc3cccc1c23. The second-order valence-electron chi connectivity index (χ2n) is 10.1. The molecule has 0 fully saturated rings. The van der Waals surface area contributed by atoms with Gasteiger partial charge >= 0.3 is 0 Å². The van der Waals surface area contributed by atoms with E-state index in [1.165, 1.54) is 0 Å². The molecule has 1 aliphatic rings. The van der Waals surface area contributed by atoms with Crippen molar-refractivity contribution < 1.29 is 14.4 Å². The molecule has 1 atom stereocenters. The smallest absolute Gasteiger partial charge is 0.258 e. The van der Waals surface area contributed by atoms with E-state index in [1.54, 1.807) is 21.9 Å². The monoisotopic (exact) mass is 553 g/mol. The van der Waals surface area contributed by atoms with E-state index in [9.17, 15) is 14.4 Å². The fourth-order valence-electron chi connectivity index (χ4n) is 4.91. The van der Waals surface area contributed by atoms with Crippen molar-refractivity contribution in [3.05, 3.63) is 75.8 Å². The number of nitrogens with zero attached hydrogens (tertiary/aromatic N) is 2. The molecule has 4 rings (SSSR count). The van der Waals surface area contributed by atoms with Crippen LogP contribution in [0.15, 0.2) is 54.6 Å². The number of carbonyl (C=O) groups excluding carboxylic acids is 3. The largest absolute Gasteiger partial charge is 0.354 e. The van der Waals surface area contributed by atoms with Gasteiger partial charge in [-0.1, -0.05) is 74.3 Å². The van der Waals surface area contributed by atoms with Crippen LogP contribution < -0.4 is 10.2 Å². The molecule has 0 aromatic heterocycles. The Labute approximate surface area is 233 Å².